The molecule has 6 aromatic rings. The molecule has 2 atom stereocenters. The van der Waals surface area contributed by atoms with Crippen molar-refractivity contribution in [1.29, 1.82) is 0 Å². The minimum atomic E-state index is -5.44. The van der Waals surface area contributed by atoms with Gasteiger partial charge in [0.25, 0.3) is 0 Å². The number of ether oxygens (including phenoxy) is 5. The fourth-order valence-corrected chi connectivity index (χ4v) is 9.35. The molecule has 0 aromatic heterocycles. The summed E-state index contributed by atoms with van der Waals surface area (Å²) in [5.41, 5.74) is -5.79. The summed E-state index contributed by atoms with van der Waals surface area (Å²) in [4.78, 5) is 29.2. The topological polar surface area (TPSA) is 128 Å². The predicted molar refractivity (Wildman–Crippen MR) is 278 cm³/mol. The molecule has 0 saturated carbocycles. The Bertz CT molecular complexity index is 3090. The van der Waals surface area contributed by atoms with Crippen LogP contribution in [0, 0.1) is 5.82 Å². The minimum absolute atomic E-state index is 0.0199. The Morgan fingerprint density at radius 1 is 0.593 bits per heavy atom. The molecular formula is C58H58F10NO11P. The largest absolute Gasteiger partial charge is 0.514 e. The van der Waals surface area contributed by atoms with Crippen molar-refractivity contribution < 1.29 is 95.3 Å². The van der Waals surface area contributed by atoms with E-state index in [9.17, 15) is 53.7 Å². The SMILES string of the molecule is COc1cc(CCOP(=O)(OCc2ccccc2)OCc2ccccc2)ccc1OC(=O)OC(c1cc(C(F)(F)F)cc(C(F)(F)F)c1)C(C)N(Cc1cc(C(F)(F)F)ccc1-c1cc(C(C)C)c(F)cc1OC)C(=O)OC(C)(C)C. The molecule has 0 heterocycles. The Hall–Kier alpha value is -7.13. The molecule has 0 fully saturated rings. The molecule has 436 valence electrons. The fourth-order valence-electron chi connectivity index (χ4n) is 8.20. The molecule has 6 rings (SSSR count). The van der Waals surface area contributed by atoms with E-state index in [4.69, 9.17) is 37.3 Å². The Morgan fingerprint density at radius 2 is 1.15 bits per heavy atom. The zero-order chi connectivity index (χ0) is 59.7. The fraction of sp³-hybridized carbons (Fsp3) is 0.345. The molecule has 0 spiro atoms. The Kier molecular flexibility index (Phi) is 20.4. The second-order valence-corrected chi connectivity index (χ2v) is 21.4. The number of rotatable bonds is 21. The van der Waals surface area contributed by atoms with Crippen LogP contribution in [0.5, 0.6) is 17.2 Å². The molecule has 12 nitrogen and oxygen atoms in total. The molecule has 81 heavy (non-hydrogen) atoms. The van der Waals surface area contributed by atoms with Gasteiger partial charge in [-0.3, -0.25) is 18.5 Å². The highest BCUT2D eigenvalue weighted by Gasteiger charge is 2.42. The van der Waals surface area contributed by atoms with Gasteiger partial charge < -0.3 is 23.7 Å². The van der Waals surface area contributed by atoms with Crippen LogP contribution in [0.25, 0.3) is 11.1 Å². The number of hydrogen-bond donors (Lipinski definition) is 0. The van der Waals surface area contributed by atoms with E-state index in [1.54, 1.807) is 74.5 Å². The third-order valence-corrected chi connectivity index (χ3v) is 13.6. The van der Waals surface area contributed by atoms with Gasteiger partial charge in [-0.25, -0.2) is 18.5 Å². The van der Waals surface area contributed by atoms with Gasteiger partial charge in [-0.1, -0.05) is 86.6 Å². The van der Waals surface area contributed by atoms with E-state index in [0.717, 1.165) is 19.1 Å². The summed E-state index contributed by atoms with van der Waals surface area (Å²) < 4.78 is 205. The lowest BCUT2D eigenvalue weighted by Crippen LogP contribution is -2.45. The minimum Gasteiger partial charge on any atom is -0.496 e. The Labute approximate surface area is 461 Å². The van der Waals surface area contributed by atoms with Crippen molar-refractivity contribution >= 4 is 20.1 Å². The first-order valence-electron chi connectivity index (χ1n) is 24.9. The third kappa shape index (κ3) is 17.4. The highest BCUT2D eigenvalue weighted by atomic mass is 31.2. The Morgan fingerprint density at radius 3 is 1.65 bits per heavy atom. The van der Waals surface area contributed by atoms with Crippen LogP contribution < -0.4 is 14.2 Å². The first kappa shape index (κ1) is 63.1. The smallest absolute Gasteiger partial charge is 0.496 e. The summed E-state index contributed by atoms with van der Waals surface area (Å²) in [5, 5.41) is 0. The predicted octanol–water partition coefficient (Wildman–Crippen LogP) is 16.9. The zero-order valence-corrected chi connectivity index (χ0v) is 46.0. The number of carbonyl (C=O) groups is 2. The number of benzene rings is 6. The van der Waals surface area contributed by atoms with E-state index in [1.807, 2.05) is 0 Å². The van der Waals surface area contributed by atoms with Gasteiger partial charge in [0.2, 0.25) is 0 Å². The summed E-state index contributed by atoms with van der Waals surface area (Å²) in [6.45, 7) is 7.10. The van der Waals surface area contributed by atoms with Crippen molar-refractivity contribution in [1.82, 2.24) is 4.90 Å². The molecule has 0 aliphatic heterocycles. The first-order chi connectivity index (χ1) is 37.9. The molecule has 0 aliphatic carbocycles. The number of hydrogen-bond acceptors (Lipinski definition) is 11. The molecule has 23 heteroatoms. The van der Waals surface area contributed by atoms with E-state index in [2.05, 4.69) is 0 Å². The van der Waals surface area contributed by atoms with Crippen LogP contribution in [0.4, 0.5) is 53.5 Å². The van der Waals surface area contributed by atoms with Crippen LogP contribution in [0.15, 0.2) is 127 Å². The molecule has 0 radical (unpaired) electrons. The highest BCUT2D eigenvalue weighted by molar-refractivity contribution is 7.48. The average molecular weight is 1170 g/mol. The number of carbonyl (C=O) groups excluding carboxylic acids is 2. The first-order valence-corrected chi connectivity index (χ1v) is 26.4. The van der Waals surface area contributed by atoms with E-state index in [0.29, 0.717) is 33.7 Å². The van der Waals surface area contributed by atoms with E-state index in [-0.39, 0.29) is 78.2 Å². The lowest BCUT2D eigenvalue weighted by atomic mass is 9.91. The van der Waals surface area contributed by atoms with Gasteiger partial charge in [-0.2, -0.15) is 39.5 Å². The van der Waals surface area contributed by atoms with Crippen molar-refractivity contribution in [3.05, 3.63) is 183 Å². The Balaban J connectivity index is 1.38. The van der Waals surface area contributed by atoms with Crippen molar-refractivity contribution in [2.75, 3.05) is 20.8 Å². The van der Waals surface area contributed by atoms with Gasteiger partial charge in [0.05, 0.1) is 63.3 Å². The summed E-state index contributed by atoms with van der Waals surface area (Å²) in [6, 6.07) is 24.7. The lowest BCUT2D eigenvalue weighted by molar-refractivity contribution is -0.143. The average Bonchev–Trinajstić information content (AvgIpc) is 3.51. The number of phosphoric ester groups is 1. The standard InChI is InChI=1S/C58H58F10NO11P/c1-35(2)46-30-47(50(73-7)31-48(46)59)45-21-20-42(56(60,61)62)28-41(45)32-69(53(70)80-55(4,5)6)36(3)52(40-26-43(57(63,64)65)29-44(27-40)58(66,67)68)79-54(71)78-49-22-19-37(25-51(49)74-8)23-24-75-81(72,76-33-38-15-11-9-12-16-38)77-34-39-17-13-10-14-18-39/h9-22,25-31,35-36,52H,23-24,32-34H2,1-8H3. The maximum Gasteiger partial charge on any atom is 0.514 e. The van der Waals surface area contributed by atoms with E-state index >= 15 is 4.39 Å². The second kappa shape index (κ2) is 26.2. The van der Waals surface area contributed by atoms with E-state index < -0.39 is 103 Å². The van der Waals surface area contributed by atoms with Crippen molar-refractivity contribution in [3.63, 3.8) is 0 Å². The van der Waals surface area contributed by atoms with Crippen molar-refractivity contribution in [2.24, 2.45) is 0 Å². The van der Waals surface area contributed by atoms with Crippen LogP contribution in [-0.2, 0) is 72.3 Å². The highest BCUT2D eigenvalue weighted by Crippen LogP contribution is 2.51. The summed E-state index contributed by atoms with van der Waals surface area (Å²) in [6.07, 6.45) is -21.4. The van der Waals surface area contributed by atoms with Crippen molar-refractivity contribution in [2.45, 2.75) is 110 Å². The van der Waals surface area contributed by atoms with Gasteiger partial charge in [0.15, 0.2) is 17.6 Å². The molecular weight excluding hydrogens is 1110 g/mol. The number of methoxy groups -OCH3 is 2. The lowest BCUT2D eigenvalue weighted by Gasteiger charge is -2.36. The number of amides is 1. The number of alkyl halides is 9. The van der Waals surface area contributed by atoms with E-state index in [1.165, 1.54) is 59.3 Å². The molecule has 0 N–H and O–H groups in total. The third-order valence-electron chi connectivity index (χ3n) is 12.2. The summed E-state index contributed by atoms with van der Waals surface area (Å²) in [5.74, 6) is -1.90. The number of nitrogens with zero attached hydrogens (tertiary/aromatic N) is 1. The van der Waals surface area contributed by atoms with Gasteiger partial charge in [0, 0.05) is 11.6 Å². The molecule has 1 amide bonds. The summed E-state index contributed by atoms with van der Waals surface area (Å²) >= 11 is 0. The van der Waals surface area contributed by atoms with Crippen LogP contribution in [0.3, 0.4) is 0 Å². The molecule has 0 aliphatic rings. The van der Waals surface area contributed by atoms with Crippen LogP contribution in [0.1, 0.15) is 104 Å². The quantitative estimate of drug-likeness (QED) is 0.0296. The van der Waals surface area contributed by atoms with Gasteiger partial charge >= 0.3 is 38.6 Å². The monoisotopic (exact) mass is 1170 g/mol. The van der Waals surface area contributed by atoms with Gasteiger partial charge in [-0.05, 0) is 128 Å². The zero-order valence-electron chi connectivity index (χ0n) is 45.1. The van der Waals surface area contributed by atoms with Gasteiger partial charge in [0.1, 0.15) is 17.2 Å². The molecule has 6 aromatic carbocycles. The second-order valence-electron chi connectivity index (χ2n) is 19.7. The molecule has 0 saturated heterocycles. The van der Waals surface area contributed by atoms with Gasteiger partial charge in [-0.15, -0.1) is 0 Å². The number of phosphoric acid groups is 1. The van der Waals surface area contributed by atoms with Crippen LogP contribution in [0.2, 0.25) is 0 Å². The summed E-state index contributed by atoms with van der Waals surface area (Å²) in [7, 11) is -1.88. The molecule has 0 bridgehead atoms. The normalized spacial score (nSPS) is 13.1. The van der Waals surface area contributed by atoms with Crippen molar-refractivity contribution in [3.8, 4) is 28.4 Å². The van der Waals surface area contributed by atoms with Crippen LogP contribution >= 0.6 is 7.82 Å². The maximum absolute atomic E-state index is 15.3. The number of halogens is 10. The molecule has 2 unspecified atom stereocenters. The maximum atomic E-state index is 15.3. The van der Waals surface area contributed by atoms with Crippen LogP contribution in [-0.4, -0.2) is 49.6 Å².